The molecule has 8 nitrogen and oxygen atoms in total. The number of carbonyl (C=O) groups excluding carboxylic acids is 1. The number of carbonyl (C=O) groups is 1. The third kappa shape index (κ3) is 4.69. The lowest BCUT2D eigenvalue weighted by atomic mass is 10.0. The monoisotopic (exact) mass is 485 g/mol. The fraction of sp³-hybridized carbons (Fsp3) is 0.321. The minimum absolute atomic E-state index is 0.198. The van der Waals surface area contributed by atoms with Crippen molar-refractivity contribution in [3.05, 3.63) is 72.1 Å². The van der Waals surface area contributed by atoms with E-state index in [1.807, 2.05) is 43.3 Å². The van der Waals surface area contributed by atoms with Gasteiger partial charge in [-0.15, -0.1) is 0 Å². The summed E-state index contributed by atoms with van der Waals surface area (Å²) in [6.07, 6.45) is 0. The maximum atomic E-state index is 12.7. The zero-order valence-corrected chi connectivity index (χ0v) is 20.7. The molecule has 3 heterocycles. The molecule has 1 saturated heterocycles. The molecule has 5 rings (SSSR count). The first-order valence-electron chi connectivity index (χ1n) is 12.4. The van der Waals surface area contributed by atoms with Crippen molar-refractivity contribution < 1.29 is 14.6 Å². The van der Waals surface area contributed by atoms with Crippen LogP contribution in [0.5, 0.6) is 0 Å². The fourth-order valence-electron chi connectivity index (χ4n) is 4.80. The maximum Gasteiger partial charge on any atom is 0.357 e. The van der Waals surface area contributed by atoms with Crippen molar-refractivity contribution in [2.75, 3.05) is 50.8 Å². The molecule has 0 bridgehead atoms. The SMILES string of the molecule is CCOC(=O)c1cc(-c2ccc(N3CCN(CCO)CC3)cc2)c2c(C)nn(-c3ccccc3)c2n1. The standard InChI is InChI=1S/C28H31N5O3/c1-3-36-28(35)25-19-24(26-20(2)30-33(27(26)29-25)23-7-5-4-6-8-23)21-9-11-22(12-10-21)32-15-13-31(14-16-32)17-18-34/h4-12,19,34H,3,13-18H2,1-2H3. The number of aryl methyl sites for hydroxylation is 1. The number of anilines is 1. The lowest BCUT2D eigenvalue weighted by Gasteiger charge is -2.35. The van der Waals surface area contributed by atoms with Gasteiger partial charge < -0.3 is 14.7 Å². The first-order chi connectivity index (χ1) is 17.6. The lowest BCUT2D eigenvalue weighted by molar-refractivity contribution is 0.0520. The maximum absolute atomic E-state index is 12.7. The number of rotatable bonds is 7. The number of benzene rings is 2. The van der Waals surface area contributed by atoms with Crippen molar-refractivity contribution in [3.63, 3.8) is 0 Å². The number of hydrogen-bond acceptors (Lipinski definition) is 7. The first kappa shape index (κ1) is 24.0. The van der Waals surface area contributed by atoms with Crippen molar-refractivity contribution in [3.8, 4) is 16.8 Å². The molecule has 0 saturated carbocycles. The van der Waals surface area contributed by atoms with Gasteiger partial charge in [0.15, 0.2) is 11.3 Å². The molecule has 2 aromatic carbocycles. The van der Waals surface area contributed by atoms with Crippen LogP contribution in [0.3, 0.4) is 0 Å². The van der Waals surface area contributed by atoms with E-state index in [0.717, 1.165) is 66.3 Å². The Morgan fingerprint density at radius 1 is 1.00 bits per heavy atom. The van der Waals surface area contributed by atoms with Crippen LogP contribution < -0.4 is 4.90 Å². The number of aliphatic hydroxyl groups excluding tert-OH is 1. The Balaban J connectivity index is 1.55. The number of pyridine rings is 1. The third-order valence-electron chi connectivity index (χ3n) is 6.63. The summed E-state index contributed by atoms with van der Waals surface area (Å²) in [6, 6.07) is 20.1. The first-order valence-corrected chi connectivity index (χ1v) is 12.4. The molecule has 0 amide bonds. The van der Waals surface area contributed by atoms with Crippen LogP contribution in [0.25, 0.3) is 27.8 Å². The molecular formula is C28H31N5O3. The van der Waals surface area contributed by atoms with Gasteiger partial charge in [-0.1, -0.05) is 30.3 Å². The molecule has 0 radical (unpaired) electrons. The van der Waals surface area contributed by atoms with E-state index < -0.39 is 5.97 Å². The molecule has 1 aliphatic rings. The van der Waals surface area contributed by atoms with Gasteiger partial charge in [-0.3, -0.25) is 4.90 Å². The Morgan fingerprint density at radius 3 is 2.39 bits per heavy atom. The Morgan fingerprint density at radius 2 is 1.72 bits per heavy atom. The lowest BCUT2D eigenvalue weighted by Crippen LogP contribution is -2.47. The number of nitrogens with zero attached hydrogens (tertiary/aromatic N) is 5. The van der Waals surface area contributed by atoms with Crippen LogP contribution in [0.2, 0.25) is 0 Å². The minimum atomic E-state index is -0.448. The highest BCUT2D eigenvalue weighted by atomic mass is 16.5. The number of ether oxygens (including phenoxy) is 1. The average Bonchev–Trinajstić information content (AvgIpc) is 3.26. The molecule has 4 aromatic rings. The quantitative estimate of drug-likeness (QED) is 0.400. The van der Waals surface area contributed by atoms with Gasteiger partial charge in [-0.2, -0.15) is 5.10 Å². The van der Waals surface area contributed by atoms with Crippen LogP contribution in [0.4, 0.5) is 5.69 Å². The van der Waals surface area contributed by atoms with E-state index >= 15 is 0 Å². The molecule has 2 aromatic heterocycles. The van der Waals surface area contributed by atoms with Crippen LogP contribution in [-0.2, 0) is 4.74 Å². The Labute approximate surface area is 210 Å². The number of para-hydroxylation sites is 1. The van der Waals surface area contributed by atoms with E-state index in [1.165, 1.54) is 0 Å². The highest BCUT2D eigenvalue weighted by Gasteiger charge is 2.21. The van der Waals surface area contributed by atoms with E-state index in [0.29, 0.717) is 5.65 Å². The summed E-state index contributed by atoms with van der Waals surface area (Å²) in [5.41, 5.74) is 5.67. The summed E-state index contributed by atoms with van der Waals surface area (Å²) in [6.45, 7) is 8.69. The van der Waals surface area contributed by atoms with Gasteiger partial charge in [-0.25, -0.2) is 14.5 Å². The van der Waals surface area contributed by atoms with Crippen molar-refractivity contribution in [2.45, 2.75) is 13.8 Å². The van der Waals surface area contributed by atoms with Crippen LogP contribution in [0.1, 0.15) is 23.1 Å². The van der Waals surface area contributed by atoms with Crippen LogP contribution in [0.15, 0.2) is 60.7 Å². The van der Waals surface area contributed by atoms with Gasteiger partial charge in [-0.05, 0) is 55.3 Å². The van der Waals surface area contributed by atoms with Crippen molar-refractivity contribution in [1.82, 2.24) is 19.7 Å². The summed E-state index contributed by atoms with van der Waals surface area (Å²) >= 11 is 0. The molecule has 36 heavy (non-hydrogen) atoms. The molecule has 1 N–H and O–H groups in total. The highest BCUT2D eigenvalue weighted by molar-refractivity contribution is 6.00. The number of piperazine rings is 1. The largest absolute Gasteiger partial charge is 0.461 e. The summed E-state index contributed by atoms with van der Waals surface area (Å²) in [4.78, 5) is 22.0. The molecule has 186 valence electrons. The van der Waals surface area contributed by atoms with Crippen LogP contribution in [-0.4, -0.2) is 76.7 Å². The smallest absolute Gasteiger partial charge is 0.357 e. The van der Waals surface area contributed by atoms with Crippen molar-refractivity contribution >= 4 is 22.7 Å². The van der Waals surface area contributed by atoms with E-state index in [1.54, 1.807) is 11.6 Å². The van der Waals surface area contributed by atoms with Gasteiger partial charge in [0.2, 0.25) is 0 Å². The Hall–Kier alpha value is -3.75. The normalized spacial score (nSPS) is 14.4. The van der Waals surface area contributed by atoms with E-state index in [2.05, 4.69) is 39.0 Å². The second-order valence-corrected chi connectivity index (χ2v) is 8.91. The number of aromatic nitrogens is 3. The molecule has 8 heteroatoms. The topological polar surface area (TPSA) is 83.7 Å². The summed E-state index contributed by atoms with van der Waals surface area (Å²) < 4.78 is 7.08. The van der Waals surface area contributed by atoms with Crippen molar-refractivity contribution in [2.24, 2.45) is 0 Å². The summed E-state index contributed by atoms with van der Waals surface area (Å²) in [7, 11) is 0. The van der Waals surface area contributed by atoms with Gasteiger partial charge in [0.05, 0.1) is 30.0 Å². The van der Waals surface area contributed by atoms with E-state index in [4.69, 9.17) is 9.84 Å². The Bertz CT molecular complexity index is 1340. The molecule has 0 atom stereocenters. The van der Waals surface area contributed by atoms with Crippen LogP contribution in [0, 0.1) is 6.92 Å². The number of fused-ring (bicyclic) bond motifs is 1. The molecule has 1 aliphatic heterocycles. The number of esters is 1. The average molecular weight is 486 g/mol. The third-order valence-corrected chi connectivity index (χ3v) is 6.63. The van der Waals surface area contributed by atoms with Crippen molar-refractivity contribution in [1.29, 1.82) is 0 Å². The minimum Gasteiger partial charge on any atom is -0.461 e. The predicted molar refractivity (Wildman–Crippen MR) is 141 cm³/mol. The number of hydrogen-bond donors (Lipinski definition) is 1. The highest BCUT2D eigenvalue weighted by Crippen LogP contribution is 2.33. The van der Waals surface area contributed by atoms with E-state index in [-0.39, 0.29) is 18.9 Å². The second-order valence-electron chi connectivity index (χ2n) is 8.91. The summed E-state index contributed by atoms with van der Waals surface area (Å²) in [5, 5.41) is 14.9. The zero-order valence-electron chi connectivity index (χ0n) is 20.7. The van der Waals surface area contributed by atoms with Gasteiger partial charge in [0, 0.05) is 38.4 Å². The summed E-state index contributed by atoms with van der Waals surface area (Å²) in [5.74, 6) is -0.448. The molecule has 0 unspecified atom stereocenters. The number of β-amino-alcohol motifs (C(OH)–C–C–N with tert-alkyl or cyclic N) is 1. The van der Waals surface area contributed by atoms with E-state index in [9.17, 15) is 9.90 Å². The fourth-order valence-corrected chi connectivity index (χ4v) is 4.80. The predicted octanol–water partition coefficient (Wildman–Crippen LogP) is 3.69. The number of aliphatic hydroxyl groups is 1. The van der Waals surface area contributed by atoms with Gasteiger partial charge in [0.1, 0.15) is 0 Å². The van der Waals surface area contributed by atoms with Gasteiger partial charge >= 0.3 is 5.97 Å². The van der Waals surface area contributed by atoms with Crippen LogP contribution >= 0.6 is 0 Å². The molecule has 0 spiro atoms. The molecule has 0 aliphatic carbocycles. The molecule has 1 fully saturated rings. The zero-order chi connectivity index (χ0) is 25.1. The second kappa shape index (κ2) is 10.5. The molecular weight excluding hydrogens is 454 g/mol. The van der Waals surface area contributed by atoms with Gasteiger partial charge in [0.25, 0.3) is 0 Å². The Kier molecular flexibility index (Phi) is 6.97.